The molecule has 1 amide bonds. The fourth-order valence-electron chi connectivity index (χ4n) is 2.44. The van der Waals surface area contributed by atoms with Crippen molar-refractivity contribution >= 4 is 34.7 Å². The average molecular weight is 375 g/mol. The summed E-state index contributed by atoms with van der Waals surface area (Å²) in [4.78, 5) is 24.0. The number of aryl methyl sites for hydroxylation is 1. The standard InChI is InChI=1S/C17H19ClN6O2/c18-13-5-3-12(4-6-13)9-20-17(25)26-8-2-1-7-24-11-23-14-15(19)21-10-22-16(14)24/h3-6,10-11H,1-2,7-9H2,(H,20,25)(H2,19,21,22). The van der Waals surface area contributed by atoms with Crippen molar-refractivity contribution in [2.75, 3.05) is 12.3 Å². The van der Waals surface area contributed by atoms with Crippen LogP contribution >= 0.6 is 11.6 Å². The summed E-state index contributed by atoms with van der Waals surface area (Å²) in [6, 6.07) is 7.27. The van der Waals surface area contributed by atoms with Gasteiger partial charge in [0.2, 0.25) is 0 Å². The van der Waals surface area contributed by atoms with E-state index in [4.69, 9.17) is 22.1 Å². The molecule has 3 rings (SSSR count). The highest BCUT2D eigenvalue weighted by atomic mass is 35.5. The molecule has 2 heterocycles. The van der Waals surface area contributed by atoms with Gasteiger partial charge < -0.3 is 20.4 Å². The van der Waals surface area contributed by atoms with E-state index < -0.39 is 6.09 Å². The molecule has 1 aromatic carbocycles. The molecule has 0 bridgehead atoms. The zero-order valence-corrected chi connectivity index (χ0v) is 14.8. The maximum atomic E-state index is 11.7. The van der Waals surface area contributed by atoms with Crippen molar-refractivity contribution in [2.24, 2.45) is 0 Å². The highest BCUT2D eigenvalue weighted by molar-refractivity contribution is 6.30. The lowest BCUT2D eigenvalue weighted by atomic mass is 10.2. The molecule has 0 aliphatic rings. The number of rotatable bonds is 7. The lowest BCUT2D eigenvalue weighted by molar-refractivity contribution is 0.143. The number of nitrogen functional groups attached to an aromatic ring is 1. The summed E-state index contributed by atoms with van der Waals surface area (Å²) in [7, 11) is 0. The van der Waals surface area contributed by atoms with Crippen LogP contribution in [0.15, 0.2) is 36.9 Å². The van der Waals surface area contributed by atoms with E-state index in [1.54, 1.807) is 18.5 Å². The Bertz CT molecular complexity index is 881. The first-order valence-corrected chi connectivity index (χ1v) is 8.57. The third-order valence-electron chi connectivity index (χ3n) is 3.81. The predicted molar refractivity (Wildman–Crippen MR) is 98.6 cm³/mol. The largest absolute Gasteiger partial charge is 0.450 e. The maximum absolute atomic E-state index is 11.7. The lowest BCUT2D eigenvalue weighted by Gasteiger charge is -2.08. The molecule has 2 aromatic heterocycles. The Balaban J connectivity index is 1.35. The van der Waals surface area contributed by atoms with E-state index in [-0.39, 0.29) is 0 Å². The molecule has 136 valence electrons. The summed E-state index contributed by atoms with van der Waals surface area (Å²) in [5.74, 6) is 0.370. The van der Waals surface area contributed by atoms with Gasteiger partial charge in [-0.1, -0.05) is 23.7 Å². The summed E-state index contributed by atoms with van der Waals surface area (Å²) in [6.07, 6.45) is 4.22. The number of anilines is 1. The van der Waals surface area contributed by atoms with Crippen molar-refractivity contribution in [3.8, 4) is 0 Å². The van der Waals surface area contributed by atoms with Crippen LogP contribution in [-0.2, 0) is 17.8 Å². The molecule has 0 atom stereocenters. The minimum absolute atomic E-state index is 0.343. The van der Waals surface area contributed by atoms with E-state index in [1.807, 2.05) is 16.7 Å². The van der Waals surface area contributed by atoms with Gasteiger partial charge in [0, 0.05) is 18.1 Å². The van der Waals surface area contributed by atoms with E-state index in [0.717, 1.165) is 18.4 Å². The van der Waals surface area contributed by atoms with Gasteiger partial charge in [0.15, 0.2) is 11.5 Å². The number of nitrogens with two attached hydrogens (primary N) is 1. The van der Waals surface area contributed by atoms with Crippen LogP contribution in [0.1, 0.15) is 18.4 Å². The van der Waals surface area contributed by atoms with Crippen molar-refractivity contribution in [1.29, 1.82) is 0 Å². The Hall–Kier alpha value is -2.87. The molecule has 0 fully saturated rings. The topological polar surface area (TPSA) is 108 Å². The summed E-state index contributed by atoms with van der Waals surface area (Å²) < 4.78 is 7.08. The lowest BCUT2D eigenvalue weighted by Crippen LogP contribution is -2.24. The second-order valence-electron chi connectivity index (χ2n) is 5.69. The molecule has 3 N–H and O–H groups in total. The second-order valence-corrected chi connectivity index (χ2v) is 6.13. The van der Waals surface area contributed by atoms with Gasteiger partial charge in [-0.15, -0.1) is 0 Å². The molecule has 0 saturated carbocycles. The Morgan fingerprint density at radius 2 is 2.00 bits per heavy atom. The van der Waals surface area contributed by atoms with Crippen molar-refractivity contribution in [2.45, 2.75) is 25.9 Å². The summed E-state index contributed by atoms with van der Waals surface area (Å²) >= 11 is 5.82. The number of imidazole rings is 1. The van der Waals surface area contributed by atoms with Crippen LogP contribution in [0.25, 0.3) is 11.2 Å². The number of carbonyl (C=O) groups is 1. The number of hydrogen-bond donors (Lipinski definition) is 2. The molecule has 9 heteroatoms. The van der Waals surface area contributed by atoms with Crippen LogP contribution in [0.4, 0.5) is 10.6 Å². The number of amides is 1. The minimum atomic E-state index is -0.437. The second kappa shape index (κ2) is 8.48. The van der Waals surface area contributed by atoms with Gasteiger partial charge in [-0.2, -0.15) is 0 Å². The SMILES string of the molecule is Nc1ncnc2c1ncn2CCCCOC(=O)NCc1ccc(Cl)cc1. The van der Waals surface area contributed by atoms with E-state index >= 15 is 0 Å². The van der Waals surface area contributed by atoms with Crippen LogP contribution in [0, 0.1) is 0 Å². The fourth-order valence-corrected chi connectivity index (χ4v) is 2.56. The smallest absolute Gasteiger partial charge is 0.407 e. The van der Waals surface area contributed by atoms with E-state index in [1.165, 1.54) is 6.33 Å². The first-order valence-electron chi connectivity index (χ1n) is 8.20. The number of unbranched alkanes of at least 4 members (excludes halogenated alkanes) is 1. The van der Waals surface area contributed by atoms with Crippen molar-refractivity contribution in [3.05, 3.63) is 47.5 Å². The molecule has 0 unspecified atom stereocenters. The van der Waals surface area contributed by atoms with Gasteiger partial charge in [0.25, 0.3) is 0 Å². The number of benzene rings is 1. The number of hydrogen-bond acceptors (Lipinski definition) is 6. The highest BCUT2D eigenvalue weighted by Gasteiger charge is 2.07. The summed E-state index contributed by atoms with van der Waals surface area (Å²) in [6.45, 7) is 1.46. The van der Waals surface area contributed by atoms with E-state index in [9.17, 15) is 4.79 Å². The third-order valence-corrected chi connectivity index (χ3v) is 4.06. The Morgan fingerprint density at radius 3 is 2.81 bits per heavy atom. The minimum Gasteiger partial charge on any atom is -0.450 e. The number of carbonyl (C=O) groups excluding carboxylic acids is 1. The molecule has 0 aliphatic heterocycles. The van der Waals surface area contributed by atoms with E-state index in [2.05, 4.69) is 20.3 Å². The van der Waals surface area contributed by atoms with Gasteiger partial charge in [0.05, 0.1) is 12.9 Å². The fraction of sp³-hybridized carbons (Fsp3) is 0.294. The normalized spacial score (nSPS) is 10.8. The monoisotopic (exact) mass is 374 g/mol. The molecule has 0 spiro atoms. The summed E-state index contributed by atoms with van der Waals surface area (Å²) in [5.41, 5.74) is 8.03. The quantitative estimate of drug-likeness (QED) is 0.615. The van der Waals surface area contributed by atoms with Gasteiger partial charge in [-0.25, -0.2) is 19.7 Å². The Morgan fingerprint density at radius 1 is 1.19 bits per heavy atom. The number of halogens is 1. The molecule has 26 heavy (non-hydrogen) atoms. The van der Waals surface area contributed by atoms with Crippen molar-refractivity contribution < 1.29 is 9.53 Å². The van der Waals surface area contributed by atoms with Gasteiger partial charge in [-0.05, 0) is 30.5 Å². The van der Waals surface area contributed by atoms with Gasteiger partial charge in [0.1, 0.15) is 11.8 Å². The number of aromatic nitrogens is 4. The van der Waals surface area contributed by atoms with Crippen LogP contribution in [-0.4, -0.2) is 32.2 Å². The van der Waals surface area contributed by atoms with Gasteiger partial charge >= 0.3 is 6.09 Å². The molecule has 0 saturated heterocycles. The first-order chi connectivity index (χ1) is 12.6. The molecular formula is C17H19ClN6O2. The third kappa shape index (κ3) is 4.60. The molecular weight excluding hydrogens is 356 g/mol. The number of fused-ring (bicyclic) bond motifs is 1. The zero-order chi connectivity index (χ0) is 18.4. The number of ether oxygens (including phenoxy) is 1. The van der Waals surface area contributed by atoms with E-state index in [0.29, 0.717) is 41.7 Å². The predicted octanol–water partition coefficient (Wildman–Crippen LogP) is 2.77. The molecule has 0 aliphatic carbocycles. The number of nitrogens with one attached hydrogen (secondary N) is 1. The van der Waals surface area contributed by atoms with Gasteiger partial charge in [-0.3, -0.25) is 0 Å². The zero-order valence-electron chi connectivity index (χ0n) is 14.1. The van der Waals surface area contributed by atoms with Crippen LogP contribution in [0.3, 0.4) is 0 Å². The molecule has 8 nitrogen and oxygen atoms in total. The summed E-state index contributed by atoms with van der Waals surface area (Å²) in [5, 5.41) is 3.37. The molecule has 0 radical (unpaired) electrons. The van der Waals surface area contributed by atoms with Crippen LogP contribution in [0.2, 0.25) is 5.02 Å². The number of nitrogens with zero attached hydrogens (tertiary/aromatic N) is 4. The molecule has 3 aromatic rings. The Kier molecular flexibility index (Phi) is 5.85. The van der Waals surface area contributed by atoms with Crippen LogP contribution < -0.4 is 11.1 Å². The highest BCUT2D eigenvalue weighted by Crippen LogP contribution is 2.14. The van der Waals surface area contributed by atoms with Crippen molar-refractivity contribution in [3.63, 3.8) is 0 Å². The maximum Gasteiger partial charge on any atom is 0.407 e. The van der Waals surface area contributed by atoms with Crippen LogP contribution in [0.5, 0.6) is 0 Å². The Labute approximate surface area is 155 Å². The van der Waals surface area contributed by atoms with Crippen molar-refractivity contribution in [1.82, 2.24) is 24.8 Å². The number of alkyl carbamates (subject to hydrolysis) is 1. The first kappa shape index (κ1) is 17.9. The average Bonchev–Trinajstić information content (AvgIpc) is 3.05.